The van der Waals surface area contributed by atoms with E-state index in [9.17, 15) is 18.0 Å². The van der Waals surface area contributed by atoms with Crippen molar-refractivity contribution in [2.75, 3.05) is 27.3 Å². The summed E-state index contributed by atoms with van der Waals surface area (Å²) in [6, 6.07) is 11.2. The predicted molar refractivity (Wildman–Crippen MR) is 127 cm³/mol. The number of amides is 2. The Morgan fingerprint density at radius 3 is 2.25 bits per heavy atom. The minimum absolute atomic E-state index is 0.0470. The number of carbonyl (C=O) groups is 2. The summed E-state index contributed by atoms with van der Waals surface area (Å²) in [4.78, 5) is 29.2. The van der Waals surface area contributed by atoms with Crippen LogP contribution < -0.4 is 14.5 Å². The summed E-state index contributed by atoms with van der Waals surface area (Å²) in [5.41, 5.74) is 4.65. The SMILES string of the molecule is CC(=O)N1c2ccc(-c3ccc(NS(C)(=O)=O)c(C)c3)cc2N(C(=O)C2CCC2)CC1C. The molecule has 1 aliphatic heterocycles. The predicted octanol–water partition coefficient (Wildman–Crippen LogP) is 3.92. The largest absolute Gasteiger partial charge is 0.308 e. The van der Waals surface area contributed by atoms with Gasteiger partial charge in [0, 0.05) is 19.4 Å². The number of nitrogens with zero attached hydrogens (tertiary/aromatic N) is 2. The van der Waals surface area contributed by atoms with Gasteiger partial charge in [0.05, 0.1) is 29.4 Å². The van der Waals surface area contributed by atoms with Crippen LogP contribution in [-0.2, 0) is 19.6 Å². The first kappa shape index (κ1) is 22.3. The van der Waals surface area contributed by atoms with Crippen LogP contribution in [0.4, 0.5) is 17.1 Å². The van der Waals surface area contributed by atoms with Gasteiger partial charge in [-0.15, -0.1) is 0 Å². The van der Waals surface area contributed by atoms with Crippen molar-refractivity contribution in [1.82, 2.24) is 0 Å². The monoisotopic (exact) mass is 455 g/mol. The van der Waals surface area contributed by atoms with Crippen LogP contribution in [0, 0.1) is 12.8 Å². The molecule has 170 valence electrons. The number of nitrogens with one attached hydrogen (secondary N) is 1. The number of aryl methyl sites for hydroxylation is 1. The van der Waals surface area contributed by atoms with E-state index < -0.39 is 10.0 Å². The lowest BCUT2D eigenvalue weighted by Gasteiger charge is -2.43. The lowest BCUT2D eigenvalue weighted by Crippen LogP contribution is -2.53. The second kappa shape index (κ2) is 8.24. The molecule has 8 heteroatoms. The van der Waals surface area contributed by atoms with Crippen molar-refractivity contribution in [3.05, 3.63) is 42.0 Å². The number of rotatable bonds is 4. The van der Waals surface area contributed by atoms with E-state index in [4.69, 9.17) is 0 Å². The number of anilines is 3. The van der Waals surface area contributed by atoms with E-state index in [-0.39, 0.29) is 23.8 Å². The van der Waals surface area contributed by atoms with Gasteiger partial charge >= 0.3 is 0 Å². The minimum atomic E-state index is -3.36. The second-order valence-electron chi connectivity index (χ2n) is 8.92. The Morgan fingerprint density at radius 1 is 1.03 bits per heavy atom. The van der Waals surface area contributed by atoms with Gasteiger partial charge in [-0.05, 0) is 67.6 Å². The van der Waals surface area contributed by atoms with Gasteiger partial charge in [0.25, 0.3) is 0 Å². The van der Waals surface area contributed by atoms with E-state index in [0.717, 1.165) is 53.6 Å². The molecule has 7 nitrogen and oxygen atoms in total. The molecule has 1 aliphatic carbocycles. The maximum absolute atomic E-state index is 13.2. The van der Waals surface area contributed by atoms with Crippen molar-refractivity contribution >= 4 is 38.9 Å². The fourth-order valence-corrected chi connectivity index (χ4v) is 5.15. The summed E-state index contributed by atoms with van der Waals surface area (Å²) in [5.74, 6) is 0.147. The highest BCUT2D eigenvalue weighted by Crippen LogP contribution is 2.41. The molecule has 0 radical (unpaired) electrons. The lowest BCUT2D eigenvalue weighted by atomic mass is 9.84. The van der Waals surface area contributed by atoms with Gasteiger partial charge in [-0.25, -0.2) is 8.42 Å². The van der Waals surface area contributed by atoms with E-state index in [0.29, 0.717) is 12.2 Å². The maximum atomic E-state index is 13.2. The Balaban J connectivity index is 1.76. The molecule has 1 saturated carbocycles. The smallest absolute Gasteiger partial charge is 0.230 e. The van der Waals surface area contributed by atoms with Crippen LogP contribution in [0.25, 0.3) is 11.1 Å². The Hall–Kier alpha value is -2.87. The molecule has 1 heterocycles. The summed E-state index contributed by atoms with van der Waals surface area (Å²) >= 11 is 0. The van der Waals surface area contributed by atoms with Crippen molar-refractivity contribution in [3.63, 3.8) is 0 Å². The van der Waals surface area contributed by atoms with Gasteiger partial charge in [0.1, 0.15) is 0 Å². The highest BCUT2D eigenvalue weighted by molar-refractivity contribution is 7.92. The molecule has 4 rings (SSSR count). The fraction of sp³-hybridized carbons (Fsp3) is 0.417. The van der Waals surface area contributed by atoms with Crippen LogP contribution in [0.1, 0.15) is 38.7 Å². The van der Waals surface area contributed by atoms with Crippen molar-refractivity contribution in [2.24, 2.45) is 5.92 Å². The van der Waals surface area contributed by atoms with Gasteiger partial charge in [0.15, 0.2) is 0 Å². The minimum Gasteiger partial charge on any atom is -0.308 e. The first-order chi connectivity index (χ1) is 15.0. The zero-order valence-electron chi connectivity index (χ0n) is 18.9. The fourth-order valence-electron chi connectivity index (χ4n) is 4.53. The van der Waals surface area contributed by atoms with Gasteiger partial charge in [0.2, 0.25) is 21.8 Å². The molecule has 1 fully saturated rings. The molecule has 0 bridgehead atoms. The number of hydrogen-bond donors (Lipinski definition) is 1. The molecular formula is C24H29N3O4S. The third kappa shape index (κ3) is 4.24. The normalized spacial score (nSPS) is 18.7. The average Bonchev–Trinajstić information content (AvgIpc) is 2.65. The summed E-state index contributed by atoms with van der Waals surface area (Å²) in [6.07, 6.45) is 4.05. The van der Waals surface area contributed by atoms with Crippen molar-refractivity contribution in [1.29, 1.82) is 0 Å². The Labute approximate surface area is 189 Å². The quantitative estimate of drug-likeness (QED) is 0.757. The third-order valence-corrected chi connectivity index (χ3v) is 6.92. The zero-order valence-corrected chi connectivity index (χ0v) is 19.7. The van der Waals surface area contributed by atoms with Gasteiger partial charge in [-0.2, -0.15) is 0 Å². The van der Waals surface area contributed by atoms with Crippen LogP contribution in [0.3, 0.4) is 0 Å². The van der Waals surface area contributed by atoms with Crippen molar-refractivity contribution in [3.8, 4) is 11.1 Å². The summed E-state index contributed by atoms with van der Waals surface area (Å²) in [5, 5.41) is 0. The summed E-state index contributed by atoms with van der Waals surface area (Å²) in [7, 11) is -3.36. The molecular weight excluding hydrogens is 426 g/mol. The van der Waals surface area contributed by atoms with Gasteiger partial charge in [-0.1, -0.05) is 18.6 Å². The topological polar surface area (TPSA) is 86.8 Å². The van der Waals surface area contributed by atoms with Gasteiger partial charge in [-0.3, -0.25) is 14.3 Å². The molecule has 2 aromatic carbocycles. The third-order valence-electron chi connectivity index (χ3n) is 6.33. The maximum Gasteiger partial charge on any atom is 0.230 e. The Kier molecular flexibility index (Phi) is 5.75. The highest BCUT2D eigenvalue weighted by Gasteiger charge is 2.37. The first-order valence-corrected chi connectivity index (χ1v) is 12.8. The van der Waals surface area contributed by atoms with Crippen LogP contribution in [0.2, 0.25) is 0 Å². The summed E-state index contributed by atoms with van der Waals surface area (Å²) < 4.78 is 25.7. The number of hydrogen-bond acceptors (Lipinski definition) is 4. The molecule has 2 aromatic rings. The van der Waals surface area contributed by atoms with E-state index in [1.807, 2.05) is 49.1 Å². The van der Waals surface area contributed by atoms with Crippen LogP contribution in [0.15, 0.2) is 36.4 Å². The van der Waals surface area contributed by atoms with Crippen LogP contribution in [0.5, 0.6) is 0 Å². The molecule has 0 aromatic heterocycles. The molecule has 32 heavy (non-hydrogen) atoms. The number of sulfonamides is 1. The molecule has 1 atom stereocenters. The Bertz CT molecular complexity index is 1190. The zero-order chi connectivity index (χ0) is 23.2. The Morgan fingerprint density at radius 2 is 1.69 bits per heavy atom. The summed E-state index contributed by atoms with van der Waals surface area (Å²) in [6.45, 7) is 5.84. The molecule has 2 aliphatic rings. The molecule has 0 spiro atoms. The van der Waals surface area contributed by atoms with Crippen molar-refractivity contribution < 1.29 is 18.0 Å². The highest BCUT2D eigenvalue weighted by atomic mass is 32.2. The standard InChI is InChI=1S/C24H29N3O4S/c1-15-12-19(8-10-21(15)25-32(4,30)31)20-9-11-22-23(13-20)26(24(29)18-6-5-7-18)14-16(2)27(22)17(3)28/h8-13,16,18,25H,5-7,14H2,1-4H3. The first-order valence-electron chi connectivity index (χ1n) is 10.9. The number of fused-ring (bicyclic) bond motifs is 1. The molecule has 2 amide bonds. The number of carbonyl (C=O) groups excluding carboxylic acids is 2. The average molecular weight is 456 g/mol. The molecule has 1 N–H and O–H groups in total. The van der Waals surface area contributed by atoms with E-state index in [1.54, 1.807) is 17.9 Å². The van der Waals surface area contributed by atoms with E-state index >= 15 is 0 Å². The number of benzene rings is 2. The van der Waals surface area contributed by atoms with Crippen LogP contribution in [-0.4, -0.2) is 39.1 Å². The van der Waals surface area contributed by atoms with Crippen molar-refractivity contribution in [2.45, 2.75) is 46.1 Å². The van der Waals surface area contributed by atoms with Gasteiger partial charge < -0.3 is 9.80 Å². The second-order valence-corrected chi connectivity index (χ2v) is 10.7. The van der Waals surface area contributed by atoms with E-state index in [2.05, 4.69) is 4.72 Å². The molecule has 0 saturated heterocycles. The van der Waals surface area contributed by atoms with Crippen LogP contribution >= 0.6 is 0 Å². The van der Waals surface area contributed by atoms with E-state index in [1.165, 1.54) is 0 Å². The lowest BCUT2D eigenvalue weighted by molar-refractivity contribution is -0.125. The molecule has 1 unspecified atom stereocenters.